The van der Waals surface area contributed by atoms with Gasteiger partial charge in [-0.3, -0.25) is 14.8 Å². The lowest BCUT2D eigenvalue weighted by Crippen LogP contribution is -2.09. The zero-order chi connectivity index (χ0) is 18.3. The van der Waals surface area contributed by atoms with Crippen molar-refractivity contribution in [3.8, 4) is 0 Å². The summed E-state index contributed by atoms with van der Waals surface area (Å²) in [5, 5.41) is 8.93. The van der Waals surface area contributed by atoms with Gasteiger partial charge in [-0.25, -0.2) is 9.37 Å². The van der Waals surface area contributed by atoms with E-state index in [4.69, 9.17) is 0 Å². The first-order valence-electron chi connectivity index (χ1n) is 7.95. The van der Waals surface area contributed by atoms with Crippen LogP contribution in [0.4, 0.5) is 9.52 Å². The van der Waals surface area contributed by atoms with E-state index in [1.54, 1.807) is 18.3 Å². The van der Waals surface area contributed by atoms with Crippen LogP contribution in [0.2, 0.25) is 0 Å². The number of halogens is 1. The van der Waals surface area contributed by atoms with E-state index in [0.717, 1.165) is 26.4 Å². The highest BCUT2D eigenvalue weighted by atomic mass is 32.1. The van der Waals surface area contributed by atoms with Gasteiger partial charge in [-0.2, -0.15) is 5.10 Å². The van der Waals surface area contributed by atoms with Gasteiger partial charge in [0, 0.05) is 16.5 Å². The summed E-state index contributed by atoms with van der Waals surface area (Å²) in [6, 6.07) is 8.21. The van der Waals surface area contributed by atoms with Gasteiger partial charge in [-0.05, 0) is 37.6 Å². The van der Waals surface area contributed by atoms with E-state index in [2.05, 4.69) is 15.4 Å². The molecule has 0 aliphatic carbocycles. The predicted molar refractivity (Wildman–Crippen MR) is 103 cm³/mol. The van der Waals surface area contributed by atoms with Gasteiger partial charge in [0.15, 0.2) is 5.13 Å². The number of rotatable bonds is 4. The Kier molecular flexibility index (Phi) is 4.29. The molecule has 0 atom stereocenters. The van der Waals surface area contributed by atoms with Crippen LogP contribution in [0.1, 0.15) is 25.8 Å². The third kappa shape index (κ3) is 3.25. The topological polar surface area (TPSA) is 59.8 Å². The lowest BCUT2D eigenvalue weighted by molar-refractivity contribution is 0.103. The summed E-state index contributed by atoms with van der Waals surface area (Å²) in [5.41, 5.74) is 1.82. The second-order valence-electron chi connectivity index (χ2n) is 5.93. The average Bonchev–Trinajstić information content (AvgIpc) is 3.28. The van der Waals surface area contributed by atoms with Gasteiger partial charge in [-0.15, -0.1) is 22.7 Å². The lowest BCUT2D eigenvalue weighted by Gasteiger charge is -2.03. The Morgan fingerprint density at radius 2 is 2.00 bits per heavy atom. The zero-order valence-corrected chi connectivity index (χ0v) is 15.7. The number of anilines is 1. The van der Waals surface area contributed by atoms with E-state index in [-0.39, 0.29) is 11.7 Å². The number of aryl methyl sites for hydroxylation is 2. The molecule has 3 heterocycles. The molecule has 0 bridgehead atoms. The third-order valence-corrected chi connectivity index (χ3v) is 5.89. The molecule has 26 heavy (non-hydrogen) atoms. The fourth-order valence-electron chi connectivity index (χ4n) is 2.67. The van der Waals surface area contributed by atoms with Gasteiger partial charge in [0.2, 0.25) is 0 Å². The summed E-state index contributed by atoms with van der Waals surface area (Å²) < 4.78 is 14.9. The minimum atomic E-state index is -0.261. The highest BCUT2D eigenvalue weighted by Gasteiger charge is 2.17. The number of thiophene rings is 1. The lowest BCUT2D eigenvalue weighted by atomic mass is 10.2. The standard InChI is InChI=1S/C18H15FN4OS2/c1-10-8-20-18(25-10)21-16(24)15-7-14-11(2)22-23(17(14)26-15)9-12-3-5-13(19)6-4-12/h3-8H,9H2,1-2H3,(H,20,21,24). The Balaban J connectivity index is 1.62. The highest BCUT2D eigenvalue weighted by Crippen LogP contribution is 2.30. The van der Waals surface area contributed by atoms with Crippen molar-refractivity contribution in [2.75, 3.05) is 5.32 Å². The van der Waals surface area contributed by atoms with Crippen LogP contribution in [-0.4, -0.2) is 20.7 Å². The number of fused-ring (bicyclic) bond motifs is 1. The normalized spacial score (nSPS) is 11.2. The van der Waals surface area contributed by atoms with Crippen molar-refractivity contribution in [3.05, 3.63) is 63.4 Å². The minimum absolute atomic E-state index is 0.173. The molecule has 4 aromatic rings. The van der Waals surface area contributed by atoms with Crippen molar-refractivity contribution >= 4 is 43.9 Å². The maximum Gasteiger partial charge on any atom is 0.267 e. The summed E-state index contributed by atoms with van der Waals surface area (Å²) in [7, 11) is 0. The van der Waals surface area contributed by atoms with Crippen LogP contribution in [-0.2, 0) is 6.54 Å². The summed E-state index contributed by atoms with van der Waals surface area (Å²) in [4.78, 5) is 19.2. The van der Waals surface area contributed by atoms with Crippen molar-refractivity contribution < 1.29 is 9.18 Å². The second kappa shape index (κ2) is 6.62. The van der Waals surface area contributed by atoms with E-state index in [0.29, 0.717) is 16.6 Å². The predicted octanol–water partition coefficient (Wildman–Crippen LogP) is 4.61. The first-order valence-corrected chi connectivity index (χ1v) is 9.58. The quantitative estimate of drug-likeness (QED) is 0.557. The Morgan fingerprint density at radius 1 is 1.23 bits per heavy atom. The van der Waals surface area contributed by atoms with Crippen LogP contribution in [0.25, 0.3) is 10.2 Å². The van der Waals surface area contributed by atoms with Gasteiger partial charge in [0.25, 0.3) is 5.91 Å². The van der Waals surface area contributed by atoms with Crippen LogP contribution < -0.4 is 5.32 Å². The molecule has 0 fully saturated rings. The molecule has 5 nitrogen and oxygen atoms in total. The molecule has 0 saturated carbocycles. The Labute approximate surface area is 157 Å². The summed E-state index contributed by atoms with van der Waals surface area (Å²) in [6.07, 6.45) is 1.73. The van der Waals surface area contributed by atoms with Crippen LogP contribution in [0, 0.1) is 19.7 Å². The number of benzene rings is 1. The van der Waals surface area contributed by atoms with Crippen LogP contribution in [0.3, 0.4) is 0 Å². The van der Waals surface area contributed by atoms with Crippen LogP contribution in [0.15, 0.2) is 36.5 Å². The monoisotopic (exact) mass is 386 g/mol. The number of aromatic nitrogens is 3. The smallest absolute Gasteiger partial charge is 0.267 e. The summed E-state index contributed by atoms with van der Waals surface area (Å²) in [6.45, 7) is 4.39. The van der Waals surface area contributed by atoms with Gasteiger partial charge in [-0.1, -0.05) is 12.1 Å². The molecule has 0 radical (unpaired) electrons. The van der Waals surface area contributed by atoms with Crippen molar-refractivity contribution in [2.45, 2.75) is 20.4 Å². The molecule has 4 rings (SSSR count). The van der Waals surface area contributed by atoms with Gasteiger partial charge in [0.1, 0.15) is 10.6 Å². The van der Waals surface area contributed by atoms with E-state index in [9.17, 15) is 9.18 Å². The summed E-state index contributed by atoms with van der Waals surface area (Å²) in [5.74, 6) is -0.434. The number of carbonyl (C=O) groups excluding carboxylic acids is 1. The SMILES string of the molecule is Cc1cnc(NC(=O)c2cc3c(C)nn(Cc4ccc(F)cc4)c3s2)s1. The Morgan fingerprint density at radius 3 is 2.69 bits per heavy atom. The maximum atomic E-state index is 13.1. The molecule has 1 aromatic carbocycles. The van der Waals surface area contributed by atoms with Crippen LogP contribution in [0.5, 0.6) is 0 Å². The maximum absolute atomic E-state index is 13.1. The van der Waals surface area contributed by atoms with Crippen molar-refractivity contribution in [1.29, 1.82) is 0 Å². The molecular formula is C18H15FN4OS2. The molecule has 0 spiro atoms. The molecule has 1 N–H and O–H groups in total. The first-order chi connectivity index (χ1) is 12.5. The molecule has 3 aromatic heterocycles. The Bertz CT molecular complexity index is 1090. The molecule has 132 valence electrons. The number of nitrogens with one attached hydrogen (secondary N) is 1. The van der Waals surface area contributed by atoms with Gasteiger partial charge >= 0.3 is 0 Å². The van der Waals surface area contributed by atoms with Crippen molar-refractivity contribution in [1.82, 2.24) is 14.8 Å². The average molecular weight is 386 g/mol. The van der Waals surface area contributed by atoms with Gasteiger partial charge in [0.05, 0.1) is 17.1 Å². The molecular weight excluding hydrogens is 371 g/mol. The second-order valence-corrected chi connectivity index (χ2v) is 8.19. The Hall–Kier alpha value is -2.58. The van der Waals surface area contributed by atoms with E-state index >= 15 is 0 Å². The molecule has 8 heteroatoms. The number of hydrogen-bond acceptors (Lipinski definition) is 5. The minimum Gasteiger partial charge on any atom is -0.297 e. The number of nitrogens with zero attached hydrogens (tertiary/aromatic N) is 3. The fourth-order valence-corrected chi connectivity index (χ4v) is 4.38. The van der Waals surface area contributed by atoms with E-state index < -0.39 is 0 Å². The molecule has 0 unspecified atom stereocenters. The van der Waals surface area contributed by atoms with E-state index in [1.165, 1.54) is 34.8 Å². The van der Waals surface area contributed by atoms with Crippen LogP contribution >= 0.6 is 22.7 Å². The molecule has 0 aliphatic heterocycles. The fraction of sp³-hybridized carbons (Fsp3) is 0.167. The first kappa shape index (κ1) is 16.9. The van der Waals surface area contributed by atoms with E-state index in [1.807, 2.05) is 24.6 Å². The van der Waals surface area contributed by atoms with Crippen molar-refractivity contribution in [3.63, 3.8) is 0 Å². The zero-order valence-electron chi connectivity index (χ0n) is 14.1. The molecule has 1 amide bonds. The van der Waals surface area contributed by atoms with Crippen molar-refractivity contribution in [2.24, 2.45) is 0 Å². The highest BCUT2D eigenvalue weighted by molar-refractivity contribution is 7.20. The summed E-state index contributed by atoms with van der Waals surface area (Å²) >= 11 is 2.83. The molecule has 0 aliphatic rings. The molecule has 0 saturated heterocycles. The number of thiazole rings is 1. The third-order valence-electron chi connectivity index (χ3n) is 3.92. The number of amides is 1. The number of hydrogen-bond donors (Lipinski definition) is 1. The number of carbonyl (C=O) groups is 1. The largest absolute Gasteiger partial charge is 0.297 e. The van der Waals surface area contributed by atoms with Gasteiger partial charge < -0.3 is 0 Å².